The molecule has 0 bridgehead atoms. The summed E-state index contributed by atoms with van der Waals surface area (Å²) < 4.78 is 0. The zero-order chi connectivity index (χ0) is 13.1. The molecular weight excluding hydrogens is 218 g/mol. The molecule has 0 aliphatic carbocycles. The van der Waals surface area contributed by atoms with Crippen molar-refractivity contribution in [2.24, 2.45) is 5.92 Å². The topological polar surface area (TPSA) is 12.9 Å². The van der Waals surface area contributed by atoms with Crippen molar-refractivity contribution in [3.63, 3.8) is 0 Å². The van der Waals surface area contributed by atoms with Crippen LogP contribution in [0.1, 0.15) is 30.5 Å². The molecule has 0 aliphatic rings. The Balaban J connectivity index is 2.25. The van der Waals surface area contributed by atoms with E-state index in [1.165, 1.54) is 22.3 Å². The molecule has 2 aromatic rings. The van der Waals surface area contributed by atoms with Gasteiger partial charge in [-0.05, 0) is 48.9 Å². The summed E-state index contributed by atoms with van der Waals surface area (Å²) in [6, 6.07) is 10.9. The second kappa shape index (κ2) is 5.34. The van der Waals surface area contributed by atoms with E-state index in [0.29, 0.717) is 5.92 Å². The Morgan fingerprint density at radius 3 is 2.22 bits per heavy atom. The van der Waals surface area contributed by atoms with E-state index < -0.39 is 0 Å². The fourth-order valence-corrected chi connectivity index (χ4v) is 2.07. The molecule has 0 atom stereocenters. The van der Waals surface area contributed by atoms with Gasteiger partial charge < -0.3 is 0 Å². The lowest BCUT2D eigenvalue weighted by Gasteiger charge is -2.07. The Bertz CT molecular complexity index is 524. The molecule has 2 rings (SSSR count). The third kappa shape index (κ3) is 2.98. The maximum absolute atomic E-state index is 4.50. The van der Waals surface area contributed by atoms with Crippen LogP contribution in [0.4, 0.5) is 0 Å². The maximum Gasteiger partial charge on any atom is 0.0704 e. The largest absolute Gasteiger partial charge is 0.256 e. The molecule has 0 amide bonds. The lowest BCUT2D eigenvalue weighted by Crippen LogP contribution is -1.94. The van der Waals surface area contributed by atoms with Gasteiger partial charge in [0.25, 0.3) is 0 Å². The van der Waals surface area contributed by atoms with Gasteiger partial charge in [-0.2, -0.15) is 0 Å². The molecule has 0 radical (unpaired) electrons. The summed E-state index contributed by atoms with van der Waals surface area (Å²) in [7, 11) is 0. The predicted molar refractivity (Wildman–Crippen MR) is 77.7 cm³/mol. The van der Waals surface area contributed by atoms with Crippen molar-refractivity contribution in [3.05, 3.63) is 53.2 Å². The first-order chi connectivity index (χ1) is 8.56. The molecule has 94 valence electrons. The van der Waals surface area contributed by atoms with Gasteiger partial charge >= 0.3 is 0 Å². The molecule has 0 saturated carbocycles. The van der Waals surface area contributed by atoms with E-state index in [1.807, 2.05) is 6.20 Å². The molecule has 0 N–H and O–H groups in total. The molecule has 1 nitrogen and oxygen atoms in total. The fourth-order valence-electron chi connectivity index (χ4n) is 2.07. The van der Waals surface area contributed by atoms with Crippen LogP contribution in [0.3, 0.4) is 0 Å². The highest BCUT2D eigenvalue weighted by molar-refractivity contribution is 5.60. The van der Waals surface area contributed by atoms with Gasteiger partial charge in [0.1, 0.15) is 0 Å². The Labute approximate surface area is 110 Å². The molecule has 0 aliphatic heterocycles. The predicted octanol–water partition coefficient (Wildman–Crippen LogP) is 4.56. The van der Waals surface area contributed by atoms with E-state index in [-0.39, 0.29) is 0 Å². The Morgan fingerprint density at radius 2 is 1.67 bits per heavy atom. The molecule has 1 aromatic heterocycles. The van der Waals surface area contributed by atoms with Gasteiger partial charge in [0, 0.05) is 11.8 Å². The van der Waals surface area contributed by atoms with Crippen molar-refractivity contribution in [1.29, 1.82) is 0 Å². The maximum atomic E-state index is 4.50. The molecule has 0 fully saturated rings. The lowest BCUT2D eigenvalue weighted by atomic mass is 10.0. The highest BCUT2D eigenvalue weighted by Gasteiger charge is 2.02. The minimum absolute atomic E-state index is 0.704. The average molecular weight is 239 g/mol. The smallest absolute Gasteiger partial charge is 0.0704 e. The zero-order valence-corrected chi connectivity index (χ0v) is 11.7. The normalized spacial score (nSPS) is 10.9. The number of benzene rings is 1. The molecular formula is C17H21N. The van der Waals surface area contributed by atoms with Crippen LogP contribution in [0.2, 0.25) is 0 Å². The Morgan fingerprint density at radius 1 is 1.00 bits per heavy atom. The van der Waals surface area contributed by atoms with E-state index in [4.69, 9.17) is 0 Å². The Hall–Kier alpha value is -1.63. The number of rotatable bonds is 3. The molecule has 1 aromatic carbocycles. The highest BCUT2D eigenvalue weighted by Crippen LogP contribution is 2.20. The number of nitrogens with zero attached hydrogens (tertiary/aromatic N) is 1. The van der Waals surface area contributed by atoms with E-state index in [9.17, 15) is 0 Å². The van der Waals surface area contributed by atoms with Crippen molar-refractivity contribution < 1.29 is 0 Å². The number of aromatic nitrogens is 1. The SMILES string of the molecule is Cc1cnc(-c2ccc(CC(C)C)cc2)cc1C. The van der Waals surface area contributed by atoms with Gasteiger partial charge in [0.15, 0.2) is 0 Å². The van der Waals surface area contributed by atoms with Crippen LogP contribution in [0.5, 0.6) is 0 Å². The lowest BCUT2D eigenvalue weighted by molar-refractivity contribution is 0.647. The summed E-state index contributed by atoms with van der Waals surface area (Å²) in [5.41, 5.74) is 6.21. The second-order valence-corrected chi connectivity index (χ2v) is 5.45. The first-order valence-corrected chi connectivity index (χ1v) is 6.59. The van der Waals surface area contributed by atoms with Crippen molar-refractivity contribution in [2.45, 2.75) is 34.1 Å². The molecule has 0 saturated heterocycles. The van der Waals surface area contributed by atoms with E-state index in [0.717, 1.165) is 12.1 Å². The first kappa shape index (κ1) is 12.8. The van der Waals surface area contributed by atoms with Crippen molar-refractivity contribution in [3.8, 4) is 11.3 Å². The van der Waals surface area contributed by atoms with Crippen LogP contribution in [-0.4, -0.2) is 4.98 Å². The summed E-state index contributed by atoms with van der Waals surface area (Å²) in [5.74, 6) is 0.704. The van der Waals surface area contributed by atoms with Crippen LogP contribution >= 0.6 is 0 Å². The van der Waals surface area contributed by atoms with Crippen molar-refractivity contribution in [1.82, 2.24) is 4.98 Å². The standard InChI is InChI=1S/C17H21N/c1-12(2)9-15-5-7-16(8-6-15)17-10-13(3)14(4)11-18-17/h5-8,10-12H,9H2,1-4H3. The summed E-state index contributed by atoms with van der Waals surface area (Å²) in [4.78, 5) is 4.50. The van der Waals surface area contributed by atoms with Gasteiger partial charge in [-0.1, -0.05) is 38.1 Å². The summed E-state index contributed by atoms with van der Waals surface area (Å²) >= 11 is 0. The number of aryl methyl sites for hydroxylation is 2. The molecule has 18 heavy (non-hydrogen) atoms. The quantitative estimate of drug-likeness (QED) is 0.765. The van der Waals surface area contributed by atoms with Gasteiger partial charge in [-0.3, -0.25) is 4.98 Å². The van der Waals surface area contributed by atoms with E-state index in [2.05, 4.69) is 63.0 Å². The van der Waals surface area contributed by atoms with Crippen molar-refractivity contribution >= 4 is 0 Å². The zero-order valence-electron chi connectivity index (χ0n) is 11.7. The molecule has 0 unspecified atom stereocenters. The van der Waals surface area contributed by atoms with Crippen LogP contribution in [-0.2, 0) is 6.42 Å². The third-order valence-electron chi connectivity index (χ3n) is 3.27. The molecule has 0 spiro atoms. The number of pyridine rings is 1. The minimum Gasteiger partial charge on any atom is -0.256 e. The van der Waals surface area contributed by atoms with Gasteiger partial charge in [-0.15, -0.1) is 0 Å². The second-order valence-electron chi connectivity index (χ2n) is 5.45. The van der Waals surface area contributed by atoms with E-state index >= 15 is 0 Å². The van der Waals surface area contributed by atoms with Gasteiger partial charge in [0.05, 0.1) is 5.69 Å². The summed E-state index contributed by atoms with van der Waals surface area (Å²) in [6.45, 7) is 8.73. The first-order valence-electron chi connectivity index (χ1n) is 6.59. The van der Waals surface area contributed by atoms with Gasteiger partial charge in [0.2, 0.25) is 0 Å². The molecule has 1 heterocycles. The van der Waals surface area contributed by atoms with Crippen LogP contribution in [0.25, 0.3) is 11.3 Å². The van der Waals surface area contributed by atoms with Crippen LogP contribution < -0.4 is 0 Å². The fraction of sp³-hybridized carbons (Fsp3) is 0.353. The Kier molecular flexibility index (Phi) is 3.81. The van der Waals surface area contributed by atoms with E-state index in [1.54, 1.807) is 0 Å². The number of hydrogen-bond acceptors (Lipinski definition) is 1. The third-order valence-corrected chi connectivity index (χ3v) is 3.27. The molecule has 1 heteroatoms. The van der Waals surface area contributed by atoms with Crippen molar-refractivity contribution in [2.75, 3.05) is 0 Å². The van der Waals surface area contributed by atoms with Gasteiger partial charge in [-0.25, -0.2) is 0 Å². The number of hydrogen-bond donors (Lipinski definition) is 0. The highest BCUT2D eigenvalue weighted by atomic mass is 14.7. The summed E-state index contributed by atoms with van der Waals surface area (Å²) in [5, 5.41) is 0. The van der Waals surface area contributed by atoms with Crippen LogP contribution in [0.15, 0.2) is 36.5 Å². The average Bonchev–Trinajstić information content (AvgIpc) is 2.33. The minimum atomic E-state index is 0.704. The van der Waals surface area contributed by atoms with Crippen LogP contribution in [0, 0.1) is 19.8 Å². The summed E-state index contributed by atoms with van der Waals surface area (Å²) in [6.07, 6.45) is 3.09. The monoisotopic (exact) mass is 239 g/mol.